The van der Waals surface area contributed by atoms with Crippen LogP contribution in [-0.4, -0.2) is 25.4 Å². The van der Waals surface area contributed by atoms with Gasteiger partial charge >= 0.3 is 0 Å². The molecule has 162 valence electrons. The zero-order valence-electron chi connectivity index (χ0n) is 17.9. The van der Waals surface area contributed by atoms with Crippen molar-refractivity contribution in [2.24, 2.45) is 0 Å². The highest BCUT2D eigenvalue weighted by molar-refractivity contribution is 5.90. The topological polar surface area (TPSA) is 111 Å². The summed E-state index contributed by atoms with van der Waals surface area (Å²) in [5.74, 6) is 0.982. The maximum absolute atomic E-state index is 11.3. The van der Waals surface area contributed by atoms with Gasteiger partial charge in [-0.05, 0) is 48.5 Å². The standard InChI is InChI=1S/C25H21N7O/c1-16(33)28-19-10-12-20(13-11-19)29-24-22-25(32(15-27-22)21-8-3-2-4-9-21)31-23(30-24)17-6-5-7-18(26)14-17/h2-15H,26H2,1H3,(H,28,33)(H,29,30,31). The normalized spacial score (nSPS) is 10.8. The molecule has 0 spiro atoms. The first-order valence-corrected chi connectivity index (χ1v) is 10.4. The number of carbonyl (C=O) groups is 1. The smallest absolute Gasteiger partial charge is 0.221 e. The largest absolute Gasteiger partial charge is 0.399 e. The zero-order valence-corrected chi connectivity index (χ0v) is 17.9. The monoisotopic (exact) mass is 435 g/mol. The van der Waals surface area contributed by atoms with Crippen molar-refractivity contribution in [3.63, 3.8) is 0 Å². The fraction of sp³-hybridized carbons (Fsp3) is 0.0400. The number of para-hydroxylation sites is 1. The van der Waals surface area contributed by atoms with Crippen molar-refractivity contribution in [2.45, 2.75) is 6.92 Å². The first kappa shape index (κ1) is 20.2. The van der Waals surface area contributed by atoms with Gasteiger partial charge in [0.2, 0.25) is 5.91 Å². The summed E-state index contributed by atoms with van der Waals surface area (Å²) < 4.78 is 1.93. The van der Waals surface area contributed by atoms with E-state index in [0.29, 0.717) is 28.5 Å². The summed E-state index contributed by atoms with van der Waals surface area (Å²) in [7, 11) is 0. The van der Waals surface area contributed by atoms with Crippen LogP contribution in [0.15, 0.2) is 85.2 Å². The van der Waals surface area contributed by atoms with Crippen LogP contribution in [-0.2, 0) is 4.79 Å². The fourth-order valence-electron chi connectivity index (χ4n) is 3.55. The van der Waals surface area contributed by atoms with Gasteiger partial charge in [-0.15, -0.1) is 0 Å². The van der Waals surface area contributed by atoms with Crippen LogP contribution in [0.25, 0.3) is 28.2 Å². The lowest BCUT2D eigenvalue weighted by atomic mass is 10.2. The van der Waals surface area contributed by atoms with E-state index in [-0.39, 0.29) is 5.91 Å². The van der Waals surface area contributed by atoms with Gasteiger partial charge in [-0.2, -0.15) is 0 Å². The van der Waals surface area contributed by atoms with E-state index in [4.69, 9.17) is 15.7 Å². The van der Waals surface area contributed by atoms with E-state index in [2.05, 4.69) is 15.6 Å². The molecule has 0 radical (unpaired) electrons. The van der Waals surface area contributed by atoms with Gasteiger partial charge in [0.05, 0.1) is 0 Å². The van der Waals surface area contributed by atoms with Gasteiger partial charge in [-0.1, -0.05) is 30.3 Å². The molecule has 1 amide bonds. The highest BCUT2D eigenvalue weighted by Gasteiger charge is 2.16. The number of nitrogens with zero attached hydrogens (tertiary/aromatic N) is 4. The summed E-state index contributed by atoms with van der Waals surface area (Å²) in [6, 6.07) is 24.7. The van der Waals surface area contributed by atoms with Crippen molar-refractivity contribution in [3.05, 3.63) is 85.2 Å². The van der Waals surface area contributed by atoms with Crippen LogP contribution in [0, 0.1) is 0 Å². The Morgan fingerprint density at radius 3 is 2.39 bits per heavy atom. The molecule has 0 unspecified atom stereocenters. The predicted molar refractivity (Wildman–Crippen MR) is 131 cm³/mol. The molecule has 0 atom stereocenters. The SMILES string of the molecule is CC(=O)Nc1ccc(Nc2nc(-c3cccc(N)c3)nc3c2ncn3-c2ccccc2)cc1. The van der Waals surface area contributed by atoms with E-state index in [9.17, 15) is 4.79 Å². The van der Waals surface area contributed by atoms with Crippen LogP contribution in [0.5, 0.6) is 0 Å². The Bertz CT molecular complexity index is 1440. The summed E-state index contributed by atoms with van der Waals surface area (Å²) in [6.07, 6.45) is 1.74. The third-order valence-electron chi connectivity index (χ3n) is 5.04. The average molecular weight is 435 g/mol. The Morgan fingerprint density at radius 2 is 1.67 bits per heavy atom. The molecular weight excluding hydrogens is 414 g/mol. The predicted octanol–water partition coefficient (Wildman–Crippen LogP) is 4.77. The van der Waals surface area contributed by atoms with Gasteiger partial charge in [0.1, 0.15) is 6.33 Å². The summed E-state index contributed by atoms with van der Waals surface area (Å²) >= 11 is 0. The number of nitrogens with one attached hydrogen (secondary N) is 2. The summed E-state index contributed by atoms with van der Waals surface area (Å²) in [4.78, 5) is 25.5. The number of rotatable bonds is 5. The zero-order chi connectivity index (χ0) is 22.8. The minimum Gasteiger partial charge on any atom is -0.399 e. The average Bonchev–Trinajstić information content (AvgIpc) is 3.25. The molecule has 0 saturated heterocycles. The van der Waals surface area contributed by atoms with Crippen LogP contribution < -0.4 is 16.4 Å². The second-order valence-electron chi connectivity index (χ2n) is 7.53. The van der Waals surface area contributed by atoms with Gasteiger partial charge in [0, 0.05) is 35.2 Å². The first-order chi connectivity index (χ1) is 16.1. The Kier molecular flexibility index (Phi) is 5.16. The fourth-order valence-corrected chi connectivity index (χ4v) is 3.55. The number of fused-ring (bicyclic) bond motifs is 1. The van der Waals surface area contributed by atoms with Crippen molar-refractivity contribution in [1.82, 2.24) is 19.5 Å². The molecule has 5 rings (SSSR count). The maximum Gasteiger partial charge on any atom is 0.221 e. The number of amides is 1. The molecule has 5 aromatic rings. The van der Waals surface area contributed by atoms with Crippen molar-refractivity contribution >= 4 is 40.0 Å². The summed E-state index contributed by atoms with van der Waals surface area (Å²) in [5.41, 5.74) is 11.2. The third-order valence-corrected chi connectivity index (χ3v) is 5.04. The van der Waals surface area contributed by atoms with E-state index in [1.165, 1.54) is 6.92 Å². The number of hydrogen-bond donors (Lipinski definition) is 3. The van der Waals surface area contributed by atoms with Crippen LogP contribution in [0.1, 0.15) is 6.92 Å². The van der Waals surface area contributed by atoms with E-state index >= 15 is 0 Å². The Morgan fingerprint density at radius 1 is 0.909 bits per heavy atom. The maximum atomic E-state index is 11.3. The highest BCUT2D eigenvalue weighted by Crippen LogP contribution is 2.29. The molecule has 0 aliphatic carbocycles. The number of aromatic nitrogens is 4. The van der Waals surface area contributed by atoms with E-state index in [1.54, 1.807) is 6.33 Å². The number of imidazole rings is 1. The molecule has 0 aliphatic heterocycles. The second kappa shape index (κ2) is 8.43. The Labute approximate surface area is 190 Å². The first-order valence-electron chi connectivity index (χ1n) is 10.4. The van der Waals surface area contributed by atoms with E-state index in [1.807, 2.05) is 83.4 Å². The Hall–Kier alpha value is -4.72. The van der Waals surface area contributed by atoms with Crippen molar-refractivity contribution < 1.29 is 4.79 Å². The quantitative estimate of drug-likeness (QED) is 0.343. The second-order valence-corrected chi connectivity index (χ2v) is 7.53. The molecule has 8 nitrogen and oxygen atoms in total. The van der Waals surface area contributed by atoms with Crippen molar-refractivity contribution in [2.75, 3.05) is 16.4 Å². The number of nitrogen functional groups attached to an aromatic ring is 1. The van der Waals surface area contributed by atoms with Crippen LogP contribution >= 0.6 is 0 Å². The van der Waals surface area contributed by atoms with Gasteiger partial charge in [0.15, 0.2) is 22.8 Å². The van der Waals surface area contributed by atoms with Crippen LogP contribution in [0.3, 0.4) is 0 Å². The molecule has 0 aliphatic rings. The lowest BCUT2D eigenvalue weighted by molar-refractivity contribution is -0.114. The molecule has 33 heavy (non-hydrogen) atoms. The number of hydrogen-bond acceptors (Lipinski definition) is 6. The highest BCUT2D eigenvalue weighted by atomic mass is 16.1. The van der Waals surface area contributed by atoms with Crippen molar-refractivity contribution in [3.8, 4) is 17.1 Å². The van der Waals surface area contributed by atoms with Gasteiger partial charge in [0.25, 0.3) is 0 Å². The number of benzene rings is 3. The number of anilines is 4. The summed E-state index contributed by atoms with van der Waals surface area (Å²) in [6.45, 7) is 1.48. The molecular formula is C25H21N7O. The van der Waals surface area contributed by atoms with Crippen LogP contribution in [0.4, 0.5) is 22.9 Å². The molecule has 8 heteroatoms. The lowest BCUT2D eigenvalue weighted by Gasteiger charge is -2.11. The molecule has 0 saturated carbocycles. The Balaban J connectivity index is 1.62. The van der Waals surface area contributed by atoms with Gasteiger partial charge in [-0.3, -0.25) is 9.36 Å². The number of carbonyl (C=O) groups excluding carboxylic acids is 1. The molecule has 4 N–H and O–H groups in total. The minimum atomic E-state index is -0.119. The molecule has 3 aromatic carbocycles. The molecule has 2 aromatic heterocycles. The molecule has 2 heterocycles. The van der Waals surface area contributed by atoms with Crippen LogP contribution in [0.2, 0.25) is 0 Å². The minimum absolute atomic E-state index is 0.119. The summed E-state index contributed by atoms with van der Waals surface area (Å²) in [5, 5.41) is 6.11. The van der Waals surface area contributed by atoms with Crippen molar-refractivity contribution in [1.29, 1.82) is 0 Å². The molecule has 0 bridgehead atoms. The lowest BCUT2D eigenvalue weighted by Crippen LogP contribution is -2.05. The van der Waals surface area contributed by atoms with Gasteiger partial charge < -0.3 is 16.4 Å². The van der Waals surface area contributed by atoms with Gasteiger partial charge in [-0.25, -0.2) is 15.0 Å². The number of nitrogens with two attached hydrogens (primary N) is 1. The molecule has 0 fully saturated rings. The van der Waals surface area contributed by atoms with E-state index < -0.39 is 0 Å². The van der Waals surface area contributed by atoms with E-state index in [0.717, 1.165) is 22.6 Å². The third kappa shape index (κ3) is 4.22.